The Kier molecular flexibility index (Phi) is 4.99. The van der Waals surface area contributed by atoms with Gasteiger partial charge in [0.2, 0.25) is 0 Å². The van der Waals surface area contributed by atoms with Crippen molar-refractivity contribution in [1.82, 2.24) is 15.3 Å². The molecule has 0 aliphatic heterocycles. The fraction of sp³-hybridized carbons (Fsp3) is 0.200. The van der Waals surface area contributed by atoms with Crippen LogP contribution in [0.4, 0.5) is 0 Å². The van der Waals surface area contributed by atoms with Crippen molar-refractivity contribution in [2.45, 2.75) is 18.6 Å². The lowest BCUT2D eigenvalue weighted by atomic mass is 9.78. The van der Waals surface area contributed by atoms with Crippen molar-refractivity contribution in [3.63, 3.8) is 0 Å². The fourth-order valence-corrected chi connectivity index (χ4v) is 3.03. The summed E-state index contributed by atoms with van der Waals surface area (Å²) in [6, 6.07) is 17.1. The van der Waals surface area contributed by atoms with Gasteiger partial charge in [-0.05, 0) is 24.2 Å². The maximum atomic E-state index is 11.9. The first-order valence-electron chi connectivity index (χ1n) is 8.08. The molecule has 0 fully saturated rings. The zero-order chi connectivity index (χ0) is 16.8. The van der Waals surface area contributed by atoms with Gasteiger partial charge < -0.3 is 10.4 Å². The summed E-state index contributed by atoms with van der Waals surface area (Å²) in [7, 11) is 0. The summed E-state index contributed by atoms with van der Waals surface area (Å²) < 4.78 is 0. The third kappa shape index (κ3) is 3.07. The molecule has 0 aliphatic carbocycles. The van der Waals surface area contributed by atoms with Crippen molar-refractivity contribution < 1.29 is 5.11 Å². The Hall–Kier alpha value is -2.56. The number of pyridine rings is 2. The van der Waals surface area contributed by atoms with Crippen molar-refractivity contribution in [3.8, 4) is 0 Å². The Labute approximate surface area is 142 Å². The van der Waals surface area contributed by atoms with Crippen molar-refractivity contribution in [2.24, 2.45) is 0 Å². The Balaban J connectivity index is 2.20. The Morgan fingerprint density at radius 3 is 1.96 bits per heavy atom. The number of rotatable bonds is 6. The van der Waals surface area contributed by atoms with Crippen LogP contribution in [-0.2, 0) is 5.60 Å². The summed E-state index contributed by atoms with van der Waals surface area (Å²) in [4.78, 5) is 8.41. The van der Waals surface area contributed by atoms with Gasteiger partial charge in [-0.15, -0.1) is 0 Å². The van der Waals surface area contributed by atoms with E-state index in [0.717, 1.165) is 23.2 Å². The molecule has 3 aromatic rings. The SMILES string of the molecule is CCNC(c1ccccc1)C(O)(c1cccnc1)c1cccnc1. The van der Waals surface area contributed by atoms with Crippen LogP contribution in [0.3, 0.4) is 0 Å². The predicted molar refractivity (Wildman–Crippen MR) is 94.3 cm³/mol. The molecule has 2 N–H and O–H groups in total. The molecule has 1 atom stereocenters. The number of aliphatic hydroxyl groups is 1. The number of hydrogen-bond donors (Lipinski definition) is 2. The highest BCUT2D eigenvalue weighted by molar-refractivity contribution is 5.39. The highest BCUT2D eigenvalue weighted by Crippen LogP contribution is 2.40. The average Bonchev–Trinajstić information content (AvgIpc) is 2.67. The van der Waals surface area contributed by atoms with E-state index in [1.54, 1.807) is 24.8 Å². The van der Waals surface area contributed by atoms with E-state index in [2.05, 4.69) is 15.3 Å². The number of benzene rings is 1. The third-order valence-electron chi connectivity index (χ3n) is 4.16. The minimum atomic E-state index is -1.28. The van der Waals surface area contributed by atoms with Gasteiger partial charge in [-0.3, -0.25) is 9.97 Å². The summed E-state index contributed by atoms with van der Waals surface area (Å²) in [5, 5.41) is 15.3. The molecule has 122 valence electrons. The van der Waals surface area contributed by atoms with Gasteiger partial charge in [-0.1, -0.05) is 49.4 Å². The molecule has 0 amide bonds. The van der Waals surface area contributed by atoms with Gasteiger partial charge in [0.15, 0.2) is 0 Å². The highest BCUT2D eigenvalue weighted by atomic mass is 16.3. The van der Waals surface area contributed by atoms with E-state index in [1.807, 2.05) is 61.5 Å². The summed E-state index contributed by atoms with van der Waals surface area (Å²) in [6.07, 6.45) is 6.83. The van der Waals surface area contributed by atoms with Gasteiger partial charge in [0, 0.05) is 35.9 Å². The molecular weight excluding hydrogens is 298 g/mol. The summed E-state index contributed by atoms with van der Waals surface area (Å²) in [5.41, 5.74) is 1.19. The molecule has 1 aromatic carbocycles. The van der Waals surface area contributed by atoms with Gasteiger partial charge in [0.1, 0.15) is 5.60 Å². The number of nitrogens with one attached hydrogen (secondary N) is 1. The minimum Gasteiger partial charge on any atom is -0.378 e. The molecule has 2 aromatic heterocycles. The molecule has 0 spiro atoms. The van der Waals surface area contributed by atoms with Crippen LogP contribution in [0.15, 0.2) is 79.4 Å². The zero-order valence-electron chi connectivity index (χ0n) is 13.6. The van der Waals surface area contributed by atoms with Crippen LogP contribution in [-0.4, -0.2) is 21.6 Å². The second-order valence-electron chi connectivity index (χ2n) is 5.65. The summed E-state index contributed by atoms with van der Waals surface area (Å²) in [5.74, 6) is 0. The molecule has 4 heteroatoms. The minimum absolute atomic E-state index is 0.322. The molecule has 1 unspecified atom stereocenters. The molecule has 0 radical (unpaired) electrons. The smallest absolute Gasteiger partial charge is 0.137 e. The lowest BCUT2D eigenvalue weighted by Crippen LogP contribution is -2.43. The Morgan fingerprint density at radius 2 is 1.50 bits per heavy atom. The van der Waals surface area contributed by atoms with Crippen LogP contribution in [0.2, 0.25) is 0 Å². The van der Waals surface area contributed by atoms with E-state index < -0.39 is 5.60 Å². The topological polar surface area (TPSA) is 58.0 Å². The normalized spacial score (nSPS) is 12.8. The van der Waals surface area contributed by atoms with E-state index in [9.17, 15) is 5.11 Å². The average molecular weight is 319 g/mol. The summed E-state index contributed by atoms with van der Waals surface area (Å²) in [6.45, 7) is 2.76. The molecular formula is C20H21N3O. The van der Waals surface area contributed by atoms with E-state index in [4.69, 9.17) is 0 Å². The molecule has 0 bridgehead atoms. The maximum Gasteiger partial charge on any atom is 0.137 e. The third-order valence-corrected chi connectivity index (χ3v) is 4.16. The Bertz CT molecular complexity index is 708. The van der Waals surface area contributed by atoms with Gasteiger partial charge in [0.05, 0.1) is 6.04 Å². The maximum absolute atomic E-state index is 11.9. The van der Waals surface area contributed by atoms with E-state index in [1.165, 1.54) is 0 Å². The first kappa shape index (κ1) is 16.3. The van der Waals surface area contributed by atoms with E-state index in [0.29, 0.717) is 0 Å². The lowest BCUT2D eigenvalue weighted by molar-refractivity contribution is 0.0363. The van der Waals surface area contributed by atoms with Crippen LogP contribution in [0.25, 0.3) is 0 Å². The van der Waals surface area contributed by atoms with E-state index >= 15 is 0 Å². The first-order chi connectivity index (χ1) is 11.8. The van der Waals surface area contributed by atoms with Crippen LogP contribution in [0.5, 0.6) is 0 Å². The van der Waals surface area contributed by atoms with Gasteiger partial charge in [-0.25, -0.2) is 0 Å². The van der Waals surface area contributed by atoms with Crippen molar-refractivity contribution >= 4 is 0 Å². The van der Waals surface area contributed by atoms with Crippen LogP contribution in [0.1, 0.15) is 29.7 Å². The molecule has 24 heavy (non-hydrogen) atoms. The quantitative estimate of drug-likeness (QED) is 0.733. The zero-order valence-corrected chi connectivity index (χ0v) is 13.6. The van der Waals surface area contributed by atoms with Crippen molar-refractivity contribution in [1.29, 1.82) is 0 Å². The molecule has 4 nitrogen and oxygen atoms in total. The highest BCUT2D eigenvalue weighted by Gasteiger charge is 2.41. The number of likely N-dealkylation sites (N-methyl/N-ethyl adjacent to an activating group) is 1. The van der Waals surface area contributed by atoms with Crippen LogP contribution in [0, 0.1) is 0 Å². The largest absolute Gasteiger partial charge is 0.378 e. The second-order valence-corrected chi connectivity index (χ2v) is 5.65. The number of hydrogen-bond acceptors (Lipinski definition) is 4. The standard InChI is InChI=1S/C20H21N3O/c1-2-23-19(16-8-4-3-5-9-16)20(24,17-10-6-12-21-14-17)18-11-7-13-22-15-18/h3-15,19,23-24H,2H2,1H3. The fourth-order valence-electron chi connectivity index (χ4n) is 3.03. The van der Waals surface area contributed by atoms with Crippen LogP contribution >= 0.6 is 0 Å². The molecule has 2 heterocycles. The molecule has 0 saturated heterocycles. The van der Waals surface area contributed by atoms with E-state index in [-0.39, 0.29) is 6.04 Å². The number of aromatic nitrogens is 2. The molecule has 0 saturated carbocycles. The lowest BCUT2D eigenvalue weighted by Gasteiger charge is -2.37. The van der Waals surface area contributed by atoms with Gasteiger partial charge in [0.25, 0.3) is 0 Å². The first-order valence-corrected chi connectivity index (χ1v) is 8.08. The molecule has 0 aliphatic rings. The van der Waals surface area contributed by atoms with Crippen LogP contribution < -0.4 is 5.32 Å². The predicted octanol–water partition coefficient (Wildman–Crippen LogP) is 3.06. The van der Waals surface area contributed by atoms with Crippen molar-refractivity contribution in [3.05, 3.63) is 96.1 Å². The summed E-state index contributed by atoms with van der Waals surface area (Å²) >= 11 is 0. The van der Waals surface area contributed by atoms with Gasteiger partial charge >= 0.3 is 0 Å². The molecule has 3 rings (SSSR count). The van der Waals surface area contributed by atoms with Crippen molar-refractivity contribution in [2.75, 3.05) is 6.54 Å². The second kappa shape index (κ2) is 7.34. The Morgan fingerprint density at radius 1 is 0.917 bits per heavy atom. The number of nitrogens with zero attached hydrogens (tertiary/aromatic N) is 2. The van der Waals surface area contributed by atoms with Gasteiger partial charge in [-0.2, -0.15) is 0 Å². The monoisotopic (exact) mass is 319 g/mol.